The van der Waals surface area contributed by atoms with Crippen molar-refractivity contribution in [3.63, 3.8) is 0 Å². The van der Waals surface area contributed by atoms with Crippen LogP contribution in [0.15, 0.2) is 0 Å². The maximum atomic E-state index is 11.4. The molecule has 3 nitrogen and oxygen atoms in total. The number of amides is 1. The van der Waals surface area contributed by atoms with Crippen molar-refractivity contribution in [2.75, 3.05) is 19.3 Å². The van der Waals surface area contributed by atoms with Gasteiger partial charge in [-0.3, -0.25) is 4.79 Å². The SMILES string of the molecule is CSC(C)(C)CNC(=O)CCNC(C)C. The monoisotopic (exact) mass is 232 g/mol. The zero-order valence-electron chi connectivity index (χ0n) is 10.5. The van der Waals surface area contributed by atoms with Gasteiger partial charge < -0.3 is 10.6 Å². The fraction of sp³-hybridized carbons (Fsp3) is 0.909. The molecule has 0 aromatic heterocycles. The van der Waals surface area contributed by atoms with E-state index < -0.39 is 0 Å². The summed E-state index contributed by atoms with van der Waals surface area (Å²) in [6.07, 6.45) is 2.62. The van der Waals surface area contributed by atoms with Gasteiger partial charge in [-0.25, -0.2) is 0 Å². The van der Waals surface area contributed by atoms with E-state index in [0.717, 1.165) is 13.1 Å². The first-order valence-corrected chi connectivity index (χ1v) is 6.65. The summed E-state index contributed by atoms with van der Waals surface area (Å²) in [7, 11) is 0. The van der Waals surface area contributed by atoms with Crippen molar-refractivity contribution in [1.82, 2.24) is 10.6 Å². The molecule has 0 aromatic rings. The van der Waals surface area contributed by atoms with Crippen LogP contribution >= 0.6 is 11.8 Å². The van der Waals surface area contributed by atoms with Gasteiger partial charge in [0.2, 0.25) is 5.91 Å². The first-order valence-electron chi connectivity index (χ1n) is 5.42. The molecule has 0 aliphatic rings. The van der Waals surface area contributed by atoms with E-state index in [1.807, 2.05) is 0 Å². The van der Waals surface area contributed by atoms with Crippen LogP contribution in [0.4, 0.5) is 0 Å². The first kappa shape index (κ1) is 14.8. The third-order valence-corrected chi connectivity index (χ3v) is 3.42. The summed E-state index contributed by atoms with van der Waals surface area (Å²) in [5.41, 5.74) is 0. The molecule has 0 unspecified atom stereocenters. The summed E-state index contributed by atoms with van der Waals surface area (Å²) in [5, 5.41) is 6.17. The number of thioether (sulfide) groups is 1. The van der Waals surface area contributed by atoms with E-state index in [0.29, 0.717) is 12.5 Å². The summed E-state index contributed by atoms with van der Waals surface area (Å²) in [6, 6.07) is 0.445. The van der Waals surface area contributed by atoms with Crippen molar-refractivity contribution >= 4 is 17.7 Å². The highest BCUT2D eigenvalue weighted by atomic mass is 32.2. The molecule has 0 saturated heterocycles. The van der Waals surface area contributed by atoms with Crippen molar-refractivity contribution in [2.45, 2.75) is 44.9 Å². The Kier molecular flexibility index (Phi) is 7.02. The predicted molar refractivity (Wildman–Crippen MR) is 68.4 cm³/mol. The summed E-state index contributed by atoms with van der Waals surface area (Å²) in [6.45, 7) is 9.90. The van der Waals surface area contributed by atoms with Crippen LogP contribution in [-0.2, 0) is 4.79 Å². The highest BCUT2D eigenvalue weighted by Gasteiger charge is 2.16. The molecule has 0 bridgehead atoms. The van der Waals surface area contributed by atoms with Crippen LogP contribution in [0.3, 0.4) is 0 Å². The lowest BCUT2D eigenvalue weighted by Crippen LogP contribution is -2.37. The van der Waals surface area contributed by atoms with Crippen molar-refractivity contribution in [3.05, 3.63) is 0 Å². The maximum Gasteiger partial charge on any atom is 0.221 e. The predicted octanol–water partition coefficient (Wildman–Crippen LogP) is 1.63. The lowest BCUT2D eigenvalue weighted by molar-refractivity contribution is -0.121. The van der Waals surface area contributed by atoms with Crippen LogP contribution in [0.5, 0.6) is 0 Å². The second kappa shape index (κ2) is 7.12. The molecular weight excluding hydrogens is 208 g/mol. The van der Waals surface area contributed by atoms with Crippen LogP contribution in [-0.4, -0.2) is 36.0 Å². The van der Waals surface area contributed by atoms with Gasteiger partial charge in [0.05, 0.1) is 0 Å². The Morgan fingerprint density at radius 3 is 2.47 bits per heavy atom. The van der Waals surface area contributed by atoms with Crippen molar-refractivity contribution in [1.29, 1.82) is 0 Å². The van der Waals surface area contributed by atoms with Gasteiger partial charge in [0.25, 0.3) is 0 Å². The minimum absolute atomic E-state index is 0.126. The molecule has 0 aliphatic heterocycles. The molecule has 1 amide bonds. The fourth-order valence-electron chi connectivity index (χ4n) is 0.946. The Morgan fingerprint density at radius 1 is 1.40 bits per heavy atom. The molecule has 15 heavy (non-hydrogen) atoms. The highest BCUT2D eigenvalue weighted by Crippen LogP contribution is 2.19. The topological polar surface area (TPSA) is 41.1 Å². The fourth-order valence-corrected chi connectivity index (χ4v) is 1.16. The average molecular weight is 232 g/mol. The molecule has 0 atom stereocenters. The first-order chi connectivity index (χ1) is 6.87. The van der Waals surface area contributed by atoms with E-state index in [1.54, 1.807) is 11.8 Å². The minimum atomic E-state index is 0.126. The van der Waals surface area contributed by atoms with E-state index in [-0.39, 0.29) is 10.7 Å². The van der Waals surface area contributed by atoms with Crippen LogP contribution < -0.4 is 10.6 Å². The number of carbonyl (C=O) groups is 1. The van der Waals surface area contributed by atoms with E-state index >= 15 is 0 Å². The second-order valence-electron chi connectivity index (χ2n) is 4.60. The molecule has 0 spiro atoms. The second-order valence-corrected chi connectivity index (χ2v) is 6.11. The summed E-state index contributed by atoms with van der Waals surface area (Å²) >= 11 is 1.77. The molecule has 0 saturated carbocycles. The lowest BCUT2D eigenvalue weighted by Gasteiger charge is -2.22. The summed E-state index contributed by atoms with van der Waals surface area (Å²) in [5.74, 6) is 0.130. The highest BCUT2D eigenvalue weighted by molar-refractivity contribution is 7.99. The third kappa shape index (κ3) is 8.75. The molecule has 0 aromatic carbocycles. The Bertz CT molecular complexity index is 193. The van der Waals surface area contributed by atoms with Gasteiger partial charge in [0.1, 0.15) is 0 Å². The quantitative estimate of drug-likeness (QED) is 0.701. The van der Waals surface area contributed by atoms with Crippen LogP contribution in [0, 0.1) is 0 Å². The van der Waals surface area contributed by atoms with Crippen LogP contribution in [0.25, 0.3) is 0 Å². The molecule has 4 heteroatoms. The van der Waals surface area contributed by atoms with Gasteiger partial charge in [0, 0.05) is 30.3 Å². The zero-order chi connectivity index (χ0) is 11.9. The Balaban J connectivity index is 3.58. The van der Waals surface area contributed by atoms with Crippen molar-refractivity contribution in [2.24, 2.45) is 0 Å². The van der Waals surface area contributed by atoms with Crippen LogP contribution in [0.2, 0.25) is 0 Å². The molecule has 0 fully saturated rings. The smallest absolute Gasteiger partial charge is 0.221 e. The largest absolute Gasteiger partial charge is 0.355 e. The van der Waals surface area contributed by atoms with E-state index in [9.17, 15) is 4.79 Å². The van der Waals surface area contributed by atoms with Gasteiger partial charge >= 0.3 is 0 Å². The summed E-state index contributed by atoms with van der Waals surface area (Å²) in [4.78, 5) is 11.4. The van der Waals surface area contributed by atoms with Gasteiger partial charge in [-0.05, 0) is 20.1 Å². The molecule has 90 valence electrons. The van der Waals surface area contributed by atoms with E-state index in [1.165, 1.54) is 0 Å². The molecular formula is C11H24N2OS. The Hall–Kier alpha value is -0.220. The van der Waals surface area contributed by atoms with Gasteiger partial charge in [-0.15, -0.1) is 0 Å². The number of rotatable bonds is 7. The zero-order valence-corrected chi connectivity index (χ0v) is 11.3. The average Bonchev–Trinajstić information content (AvgIpc) is 2.14. The van der Waals surface area contributed by atoms with Gasteiger partial charge in [0.15, 0.2) is 0 Å². The standard InChI is InChI=1S/C11H24N2OS/c1-9(2)12-7-6-10(14)13-8-11(3,4)15-5/h9,12H,6-8H2,1-5H3,(H,13,14). The maximum absolute atomic E-state index is 11.4. The van der Waals surface area contributed by atoms with Crippen LogP contribution in [0.1, 0.15) is 34.1 Å². The number of hydrogen-bond donors (Lipinski definition) is 2. The Labute approximate surface area is 97.8 Å². The number of carbonyl (C=O) groups excluding carboxylic acids is 1. The molecule has 2 N–H and O–H groups in total. The number of hydrogen-bond acceptors (Lipinski definition) is 3. The van der Waals surface area contributed by atoms with E-state index in [4.69, 9.17) is 0 Å². The lowest BCUT2D eigenvalue weighted by atomic mass is 10.2. The van der Waals surface area contributed by atoms with Crippen molar-refractivity contribution in [3.8, 4) is 0 Å². The van der Waals surface area contributed by atoms with E-state index in [2.05, 4.69) is 44.6 Å². The summed E-state index contributed by atoms with van der Waals surface area (Å²) < 4.78 is 0.126. The third-order valence-electron chi connectivity index (χ3n) is 2.17. The minimum Gasteiger partial charge on any atom is -0.355 e. The van der Waals surface area contributed by atoms with Gasteiger partial charge in [-0.2, -0.15) is 11.8 Å². The van der Waals surface area contributed by atoms with Crippen molar-refractivity contribution < 1.29 is 4.79 Å². The van der Waals surface area contributed by atoms with Gasteiger partial charge in [-0.1, -0.05) is 13.8 Å². The molecule has 0 heterocycles. The normalized spacial score (nSPS) is 11.9. The number of nitrogens with one attached hydrogen (secondary N) is 2. The molecule has 0 radical (unpaired) electrons. The molecule has 0 aliphatic carbocycles. The molecule has 0 rings (SSSR count). The Morgan fingerprint density at radius 2 is 2.00 bits per heavy atom.